The van der Waals surface area contributed by atoms with Crippen molar-refractivity contribution in [3.05, 3.63) is 0 Å². The molecule has 0 unspecified atom stereocenters. The van der Waals surface area contributed by atoms with E-state index in [9.17, 15) is 23.1 Å². The zero-order valence-corrected chi connectivity index (χ0v) is 6.49. The standard InChI is InChI=1S/C7H11F3O2/c8-7(9,10)5-3-1-2-4-6(11)12/h1-5H2,(H,11,12)/p-1. The molecule has 0 spiro atoms. The molecule has 2 nitrogen and oxygen atoms in total. The Morgan fingerprint density at radius 3 is 2.17 bits per heavy atom. The van der Waals surface area contributed by atoms with Gasteiger partial charge in [-0.05, 0) is 19.3 Å². The monoisotopic (exact) mass is 183 g/mol. The highest BCUT2D eigenvalue weighted by Gasteiger charge is 2.25. The van der Waals surface area contributed by atoms with E-state index in [1.165, 1.54) is 0 Å². The molecule has 0 atom stereocenters. The Labute approximate surface area is 68.4 Å². The first-order valence-electron chi connectivity index (χ1n) is 3.68. The van der Waals surface area contributed by atoms with Gasteiger partial charge in [0.15, 0.2) is 0 Å². The van der Waals surface area contributed by atoms with Crippen LogP contribution in [0.5, 0.6) is 0 Å². The molecule has 0 aliphatic rings. The predicted octanol–water partition coefficient (Wildman–Crippen LogP) is 1.25. The third-order valence-electron chi connectivity index (χ3n) is 1.34. The summed E-state index contributed by atoms with van der Waals surface area (Å²) < 4.78 is 34.5. The van der Waals surface area contributed by atoms with Crippen molar-refractivity contribution in [2.75, 3.05) is 0 Å². The molecule has 0 aliphatic carbocycles. The zero-order valence-electron chi connectivity index (χ0n) is 6.49. The summed E-state index contributed by atoms with van der Waals surface area (Å²) in [6, 6.07) is 0. The van der Waals surface area contributed by atoms with Crippen LogP contribution in [0.3, 0.4) is 0 Å². The summed E-state index contributed by atoms with van der Waals surface area (Å²) >= 11 is 0. The number of carboxylic acid groups (broad SMARTS) is 1. The molecule has 0 saturated heterocycles. The summed E-state index contributed by atoms with van der Waals surface area (Å²) in [6.45, 7) is 0. The van der Waals surface area contributed by atoms with Crippen molar-refractivity contribution in [1.29, 1.82) is 0 Å². The van der Waals surface area contributed by atoms with E-state index in [2.05, 4.69) is 0 Å². The van der Waals surface area contributed by atoms with Crippen molar-refractivity contribution in [1.82, 2.24) is 0 Å². The molecule has 0 radical (unpaired) electrons. The van der Waals surface area contributed by atoms with E-state index in [0.717, 1.165) is 0 Å². The van der Waals surface area contributed by atoms with Crippen LogP contribution in [0.4, 0.5) is 13.2 Å². The summed E-state index contributed by atoms with van der Waals surface area (Å²) in [4.78, 5) is 9.83. The summed E-state index contributed by atoms with van der Waals surface area (Å²) in [5.41, 5.74) is 0. The van der Waals surface area contributed by atoms with Crippen LogP contribution in [0.2, 0.25) is 0 Å². The minimum absolute atomic E-state index is 0.00319. The number of aliphatic carboxylic acids is 1. The Kier molecular flexibility index (Phi) is 4.70. The second-order valence-corrected chi connectivity index (χ2v) is 2.55. The van der Waals surface area contributed by atoms with Crippen LogP contribution in [-0.2, 0) is 4.79 Å². The first-order chi connectivity index (χ1) is 5.42. The fourth-order valence-electron chi connectivity index (χ4n) is 0.772. The Morgan fingerprint density at radius 1 is 1.17 bits per heavy atom. The van der Waals surface area contributed by atoms with Crippen molar-refractivity contribution in [2.24, 2.45) is 0 Å². The van der Waals surface area contributed by atoms with Gasteiger partial charge in [-0.3, -0.25) is 0 Å². The molecule has 72 valence electrons. The number of carbonyl (C=O) groups excluding carboxylic acids is 1. The Balaban J connectivity index is 3.17. The van der Waals surface area contributed by atoms with Crippen molar-refractivity contribution < 1.29 is 23.1 Å². The van der Waals surface area contributed by atoms with Gasteiger partial charge in [-0.15, -0.1) is 0 Å². The van der Waals surface area contributed by atoms with Gasteiger partial charge in [0.05, 0.1) is 0 Å². The molecule has 5 heteroatoms. The molecule has 0 aromatic heterocycles. The van der Waals surface area contributed by atoms with Gasteiger partial charge in [-0.2, -0.15) is 13.2 Å². The molecule has 0 aromatic rings. The van der Waals surface area contributed by atoms with Gasteiger partial charge in [0.2, 0.25) is 0 Å². The summed E-state index contributed by atoms with van der Waals surface area (Å²) in [7, 11) is 0. The number of rotatable bonds is 5. The Hall–Kier alpha value is -0.740. The van der Waals surface area contributed by atoms with Crippen LogP contribution in [0.1, 0.15) is 32.1 Å². The van der Waals surface area contributed by atoms with Crippen molar-refractivity contribution in [3.8, 4) is 0 Å². The van der Waals surface area contributed by atoms with Crippen LogP contribution in [-0.4, -0.2) is 12.1 Å². The number of hydrogen-bond acceptors (Lipinski definition) is 2. The quantitative estimate of drug-likeness (QED) is 0.602. The van der Waals surface area contributed by atoms with Crippen molar-refractivity contribution in [3.63, 3.8) is 0 Å². The fourth-order valence-corrected chi connectivity index (χ4v) is 0.772. The fraction of sp³-hybridized carbons (Fsp3) is 0.857. The molecule has 0 aliphatic heterocycles. The maximum absolute atomic E-state index is 11.5. The van der Waals surface area contributed by atoms with Crippen LogP contribution in [0.15, 0.2) is 0 Å². The zero-order chi connectivity index (χ0) is 9.61. The number of unbranched alkanes of at least 4 members (excludes halogenated alkanes) is 2. The number of halogens is 3. The summed E-state index contributed by atoms with van der Waals surface area (Å²) in [6.07, 6.45) is -4.57. The number of alkyl halides is 3. The van der Waals surface area contributed by atoms with Gasteiger partial charge in [-0.1, -0.05) is 6.42 Å². The highest BCUT2D eigenvalue weighted by molar-refractivity contribution is 5.63. The molecule has 0 N–H and O–H groups in total. The van der Waals surface area contributed by atoms with E-state index < -0.39 is 18.6 Å². The first kappa shape index (κ1) is 11.3. The van der Waals surface area contributed by atoms with E-state index >= 15 is 0 Å². The number of carbonyl (C=O) groups is 1. The van der Waals surface area contributed by atoms with Crippen LogP contribution in [0.25, 0.3) is 0 Å². The molecular formula is C7H10F3O2-. The van der Waals surface area contributed by atoms with E-state index in [-0.39, 0.29) is 25.7 Å². The molecule has 0 amide bonds. The largest absolute Gasteiger partial charge is 0.550 e. The van der Waals surface area contributed by atoms with E-state index in [1.807, 2.05) is 0 Å². The second-order valence-electron chi connectivity index (χ2n) is 2.55. The summed E-state index contributed by atoms with van der Waals surface area (Å²) in [5.74, 6) is -1.21. The average Bonchev–Trinajstić information content (AvgIpc) is 1.83. The normalized spacial score (nSPS) is 11.6. The number of carboxylic acids is 1. The molecule has 0 fully saturated rings. The van der Waals surface area contributed by atoms with E-state index in [4.69, 9.17) is 0 Å². The molecule has 0 heterocycles. The lowest BCUT2D eigenvalue weighted by molar-refractivity contribution is -0.305. The van der Waals surface area contributed by atoms with Crippen LogP contribution >= 0.6 is 0 Å². The lowest BCUT2D eigenvalue weighted by Crippen LogP contribution is -2.21. The number of hydrogen-bond donors (Lipinski definition) is 0. The smallest absolute Gasteiger partial charge is 0.389 e. The van der Waals surface area contributed by atoms with Gasteiger partial charge in [0.1, 0.15) is 0 Å². The maximum atomic E-state index is 11.5. The Morgan fingerprint density at radius 2 is 1.75 bits per heavy atom. The molecule has 0 aromatic carbocycles. The molecule has 12 heavy (non-hydrogen) atoms. The van der Waals surface area contributed by atoms with Crippen molar-refractivity contribution in [2.45, 2.75) is 38.3 Å². The SMILES string of the molecule is O=C([O-])CCCCCC(F)(F)F. The van der Waals surface area contributed by atoms with Gasteiger partial charge < -0.3 is 9.90 Å². The highest BCUT2D eigenvalue weighted by atomic mass is 19.4. The lowest BCUT2D eigenvalue weighted by atomic mass is 10.1. The third kappa shape index (κ3) is 9.26. The lowest BCUT2D eigenvalue weighted by Gasteiger charge is -2.05. The second kappa shape index (κ2) is 5.00. The van der Waals surface area contributed by atoms with Crippen LogP contribution < -0.4 is 5.11 Å². The molecule has 0 rings (SSSR count). The van der Waals surface area contributed by atoms with Crippen molar-refractivity contribution >= 4 is 5.97 Å². The minimum Gasteiger partial charge on any atom is -0.550 e. The van der Waals surface area contributed by atoms with Gasteiger partial charge >= 0.3 is 6.18 Å². The van der Waals surface area contributed by atoms with Gasteiger partial charge in [0.25, 0.3) is 0 Å². The van der Waals surface area contributed by atoms with Gasteiger partial charge in [-0.25, -0.2) is 0 Å². The van der Waals surface area contributed by atoms with Gasteiger partial charge in [0, 0.05) is 12.4 Å². The third-order valence-corrected chi connectivity index (χ3v) is 1.34. The minimum atomic E-state index is -4.12. The van der Waals surface area contributed by atoms with Crippen LogP contribution in [0, 0.1) is 0 Å². The molecule has 0 bridgehead atoms. The van der Waals surface area contributed by atoms with E-state index in [0.29, 0.717) is 0 Å². The highest BCUT2D eigenvalue weighted by Crippen LogP contribution is 2.22. The molecule has 0 saturated carbocycles. The van der Waals surface area contributed by atoms with E-state index in [1.54, 1.807) is 0 Å². The predicted molar refractivity (Wildman–Crippen MR) is 34.1 cm³/mol. The maximum Gasteiger partial charge on any atom is 0.389 e. The Bertz CT molecular complexity index is 142. The average molecular weight is 183 g/mol. The molecular weight excluding hydrogens is 173 g/mol. The summed E-state index contributed by atoms with van der Waals surface area (Å²) in [5, 5.41) is 9.83. The topological polar surface area (TPSA) is 40.1 Å². The first-order valence-corrected chi connectivity index (χ1v) is 3.68.